The summed E-state index contributed by atoms with van der Waals surface area (Å²) in [5.41, 5.74) is 0. The number of benzene rings is 2. The predicted octanol–water partition coefficient (Wildman–Crippen LogP) is 1.92. The Balaban J connectivity index is 1.44. The monoisotopic (exact) mass is 446 g/mol. The minimum Gasteiger partial charge on any atom is -0.493 e. The number of para-hydroxylation sites is 1. The summed E-state index contributed by atoms with van der Waals surface area (Å²) in [5, 5.41) is 0. The van der Waals surface area contributed by atoms with E-state index < -0.39 is 22.1 Å². The lowest BCUT2D eigenvalue weighted by atomic mass is 10.3. The molecule has 2 aromatic carbocycles. The maximum Gasteiger partial charge on any atom is 0.310 e. The van der Waals surface area contributed by atoms with Crippen molar-refractivity contribution in [1.29, 1.82) is 0 Å². The molecule has 1 atom stereocenters. The van der Waals surface area contributed by atoms with Gasteiger partial charge in [-0.1, -0.05) is 36.4 Å². The van der Waals surface area contributed by atoms with Crippen LogP contribution in [-0.4, -0.2) is 68.4 Å². The van der Waals surface area contributed by atoms with E-state index in [0.29, 0.717) is 5.75 Å². The van der Waals surface area contributed by atoms with E-state index in [-0.39, 0.29) is 50.0 Å². The molecule has 3 rings (SSSR count). The lowest BCUT2D eigenvalue weighted by Crippen LogP contribution is -2.52. The minimum atomic E-state index is -3.59. The van der Waals surface area contributed by atoms with E-state index in [9.17, 15) is 18.0 Å². The van der Waals surface area contributed by atoms with Gasteiger partial charge in [-0.15, -0.1) is 0 Å². The Kier molecular flexibility index (Phi) is 7.64. The highest BCUT2D eigenvalue weighted by Gasteiger charge is 2.32. The minimum absolute atomic E-state index is 0.0234. The number of carbonyl (C=O) groups is 2. The van der Waals surface area contributed by atoms with Gasteiger partial charge in [-0.25, -0.2) is 8.42 Å². The number of esters is 1. The second-order valence-electron chi connectivity index (χ2n) is 7.09. The summed E-state index contributed by atoms with van der Waals surface area (Å²) in [6.07, 6.45) is -0.920. The van der Waals surface area contributed by atoms with Crippen molar-refractivity contribution in [2.24, 2.45) is 0 Å². The van der Waals surface area contributed by atoms with Gasteiger partial charge in [0.1, 0.15) is 5.75 Å². The molecule has 166 valence electrons. The van der Waals surface area contributed by atoms with Crippen LogP contribution >= 0.6 is 0 Å². The van der Waals surface area contributed by atoms with Crippen LogP contribution in [0.2, 0.25) is 0 Å². The Hall–Kier alpha value is -2.91. The molecule has 1 unspecified atom stereocenters. The van der Waals surface area contributed by atoms with Crippen molar-refractivity contribution >= 4 is 21.9 Å². The maximum absolute atomic E-state index is 12.7. The molecule has 8 nitrogen and oxygen atoms in total. The highest BCUT2D eigenvalue weighted by molar-refractivity contribution is 7.89. The van der Waals surface area contributed by atoms with Gasteiger partial charge in [-0.2, -0.15) is 4.31 Å². The molecule has 0 saturated carbocycles. The molecule has 1 saturated heterocycles. The number of ether oxygens (including phenoxy) is 2. The molecule has 0 bridgehead atoms. The SMILES string of the molecule is CC(OC(=O)CCOc1ccccc1)C(=O)N1CCN(S(=O)(=O)c2ccccc2)CC1. The van der Waals surface area contributed by atoms with Crippen LogP contribution in [0, 0.1) is 0 Å². The molecule has 0 spiro atoms. The van der Waals surface area contributed by atoms with Gasteiger partial charge in [0, 0.05) is 26.2 Å². The van der Waals surface area contributed by atoms with Crippen molar-refractivity contribution in [1.82, 2.24) is 9.21 Å². The largest absolute Gasteiger partial charge is 0.493 e. The third-order valence-corrected chi connectivity index (χ3v) is 6.82. The van der Waals surface area contributed by atoms with E-state index in [0.717, 1.165) is 0 Å². The number of hydrogen-bond acceptors (Lipinski definition) is 6. The zero-order chi connectivity index (χ0) is 22.3. The Morgan fingerprint density at radius 2 is 1.52 bits per heavy atom. The van der Waals surface area contributed by atoms with Crippen molar-refractivity contribution in [2.75, 3.05) is 32.8 Å². The van der Waals surface area contributed by atoms with Gasteiger partial charge in [0.05, 0.1) is 17.9 Å². The molecule has 0 aliphatic carbocycles. The van der Waals surface area contributed by atoms with Crippen molar-refractivity contribution in [2.45, 2.75) is 24.3 Å². The Morgan fingerprint density at radius 3 is 2.13 bits per heavy atom. The summed E-state index contributed by atoms with van der Waals surface area (Å²) >= 11 is 0. The first-order valence-corrected chi connectivity index (χ1v) is 11.5. The topological polar surface area (TPSA) is 93.2 Å². The average molecular weight is 447 g/mol. The molecule has 31 heavy (non-hydrogen) atoms. The van der Waals surface area contributed by atoms with E-state index in [1.165, 1.54) is 16.1 Å². The number of sulfonamides is 1. The summed E-state index contributed by atoms with van der Waals surface area (Å²) in [4.78, 5) is 26.4. The van der Waals surface area contributed by atoms with Crippen LogP contribution in [0.3, 0.4) is 0 Å². The molecule has 1 amide bonds. The van der Waals surface area contributed by atoms with Crippen LogP contribution in [0.4, 0.5) is 0 Å². The van der Waals surface area contributed by atoms with Crippen molar-refractivity contribution in [3.8, 4) is 5.75 Å². The highest BCUT2D eigenvalue weighted by atomic mass is 32.2. The number of hydrogen-bond donors (Lipinski definition) is 0. The van der Waals surface area contributed by atoms with Crippen LogP contribution < -0.4 is 4.74 Å². The second-order valence-corrected chi connectivity index (χ2v) is 9.02. The normalized spacial score (nSPS) is 15.8. The van der Waals surface area contributed by atoms with Crippen LogP contribution in [-0.2, 0) is 24.3 Å². The van der Waals surface area contributed by atoms with Gasteiger partial charge in [0.15, 0.2) is 6.10 Å². The molecule has 0 radical (unpaired) electrons. The smallest absolute Gasteiger partial charge is 0.310 e. The number of nitrogens with zero attached hydrogens (tertiary/aromatic N) is 2. The van der Waals surface area contributed by atoms with Crippen molar-refractivity contribution < 1.29 is 27.5 Å². The predicted molar refractivity (Wildman–Crippen MR) is 114 cm³/mol. The molecule has 0 N–H and O–H groups in total. The molecule has 1 aliphatic heterocycles. The Morgan fingerprint density at radius 1 is 0.935 bits per heavy atom. The van der Waals surface area contributed by atoms with Crippen molar-refractivity contribution in [3.63, 3.8) is 0 Å². The third-order valence-electron chi connectivity index (χ3n) is 4.91. The van der Waals surface area contributed by atoms with Gasteiger partial charge >= 0.3 is 5.97 Å². The first-order chi connectivity index (χ1) is 14.9. The van der Waals surface area contributed by atoms with E-state index in [1.807, 2.05) is 18.2 Å². The fraction of sp³-hybridized carbons (Fsp3) is 0.364. The molecule has 1 fully saturated rings. The van der Waals surface area contributed by atoms with Gasteiger partial charge in [0.2, 0.25) is 10.0 Å². The van der Waals surface area contributed by atoms with E-state index >= 15 is 0 Å². The first kappa shape index (κ1) is 22.8. The third kappa shape index (κ3) is 6.05. The molecular weight excluding hydrogens is 420 g/mol. The molecule has 1 aliphatic rings. The zero-order valence-corrected chi connectivity index (χ0v) is 18.2. The Labute approximate surface area is 182 Å². The van der Waals surface area contributed by atoms with Crippen LogP contribution in [0.1, 0.15) is 13.3 Å². The molecule has 9 heteroatoms. The fourth-order valence-corrected chi connectivity index (χ4v) is 4.67. The van der Waals surface area contributed by atoms with Crippen LogP contribution in [0.5, 0.6) is 5.75 Å². The van der Waals surface area contributed by atoms with E-state index in [2.05, 4.69) is 0 Å². The second kappa shape index (κ2) is 10.4. The number of amides is 1. The van der Waals surface area contributed by atoms with Gasteiger partial charge in [0.25, 0.3) is 5.91 Å². The zero-order valence-electron chi connectivity index (χ0n) is 17.3. The Bertz CT molecular complexity index is 974. The van der Waals surface area contributed by atoms with E-state index in [1.54, 1.807) is 42.5 Å². The lowest BCUT2D eigenvalue weighted by Gasteiger charge is -2.35. The fourth-order valence-electron chi connectivity index (χ4n) is 3.22. The summed E-state index contributed by atoms with van der Waals surface area (Å²) in [6, 6.07) is 17.3. The molecule has 1 heterocycles. The molecular formula is C22H26N2O6S. The summed E-state index contributed by atoms with van der Waals surface area (Å²) in [7, 11) is -3.59. The molecule has 0 aromatic heterocycles. The number of rotatable bonds is 8. The summed E-state index contributed by atoms with van der Waals surface area (Å²) in [6.45, 7) is 2.53. The van der Waals surface area contributed by atoms with Gasteiger partial charge < -0.3 is 14.4 Å². The number of piperazine rings is 1. The van der Waals surface area contributed by atoms with Crippen molar-refractivity contribution in [3.05, 3.63) is 60.7 Å². The highest BCUT2D eigenvalue weighted by Crippen LogP contribution is 2.18. The average Bonchev–Trinajstić information content (AvgIpc) is 2.80. The number of carbonyl (C=O) groups excluding carboxylic acids is 2. The standard InChI is InChI=1S/C22H26N2O6S/c1-18(30-21(25)12-17-29-19-8-4-2-5-9-19)22(26)23-13-15-24(16-14-23)31(27,28)20-10-6-3-7-11-20/h2-11,18H,12-17H2,1H3. The summed E-state index contributed by atoms with van der Waals surface area (Å²) in [5.74, 6) is -0.209. The van der Waals surface area contributed by atoms with Crippen LogP contribution in [0.25, 0.3) is 0 Å². The van der Waals surface area contributed by atoms with Gasteiger partial charge in [-0.3, -0.25) is 9.59 Å². The first-order valence-electron chi connectivity index (χ1n) is 10.1. The maximum atomic E-state index is 12.7. The van der Waals surface area contributed by atoms with E-state index in [4.69, 9.17) is 9.47 Å². The molecule has 2 aromatic rings. The quantitative estimate of drug-likeness (QED) is 0.575. The van der Waals surface area contributed by atoms with Crippen LogP contribution in [0.15, 0.2) is 65.6 Å². The lowest BCUT2D eigenvalue weighted by molar-refractivity contribution is -0.160. The van der Waals surface area contributed by atoms with Gasteiger partial charge in [-0.05, 0) is 31.2 Å². The summed E-state index contributed by atoms with van der Waals surface area (Å²) < 4.78 is 37.4.